The maximum absolute atomic E-state index is 14.1. The number of furan rings is 1. The highest BCUT2D eigenvalue weighted by Crippen LogP contribution is 2.44. The van der Waals surface area contributed by atoms with Crippen LogP contribution in [0.3, 0.4) is 0 Å². The van der Waals surface area contributed by atoms with Crippen molar-refractivity contribution in [2.45, 2.75) is 31.4 Å². The second kappa shape index (κ2) is 9.07. The topological polar surface area (TPSA) is 46.3 Å². The number of amides is 1. The third-order valence-electron chi connectivity index (χ3n) is 6.37. The normalized spacial score (nSPS) is 19.7. The number of hydrogen-bond acceptors (Lipinski definition) is 4. The third kappa shape index (κ3) is 4.44. The molecule has 5 rings (SSSR count). The highest BCUT2D eigenvalue weighted by molar-refractivity contribution is 7.07. The van der Waals surface area contributed by atoms with Crippen LogP contribution in [0.1, 0.15) is 36.4 Å². The van der Waals surface area contributed by atoms with E-state index in [1.165, 1.54) is 18.6 Å². The molecule has 0 unspecified atom stereocenters. The molecule has 1 aliphatic heterocycles. The molecular weight excluding hydrogens is 485 g/mol. The summed E-state index contributed by atoms with van der Waals surface area (Å²) in [6.07, 6.45) is 5.43. The van der Waals surface area contributed by atoms with Crippen LogP contribution < -0.4 is 0 Å². The summed E-state index contributed by atoms with van der Waals surface area (Å²) in [6, 6.07) is 1.60. The van der Waals surface area contributed by atoms with Gasteiger partial charge in [0, 0.05) is 41.4 Å². The summed E-state index contributed by atoms with van der Waals surface area (Å²) >= 11 is 8.02. The first-order valence-electron chi connectivity index (χ1n) is 10.8. The van der Waals surface area contributed by atoms with E-state index in [1.807, 2.05) is 5.38 Å². The van der Waals surface area contributed by atoms with Crippen molar-refractivity contribution in [3.05, 3.63) is 92.4 Å². The molecule has 0 saturated carbocycles. The molecule has 2 aromatic heterocycles. The van der Waals surface area contributed by atoms with Crippen LogP contribution in [0.15, 0.2) is 85.5 Å². The zero-order chi connectivity index (χ0) is 23.9. The first kappa shape index (κ1) is 22.9. The lowest BCUT2D eigenvalue weighted by Gasteiger charge is -2.33. The number of fused-ring (bicyclic) bond motifs is 1. The van der Waals surface area contributed by atoms with E-state index >= 15 is 0 Å². The number of halogens is 4. The zero-order valence-electron chi connectivity index (χ0n) is 17.9. The Balaban J connectivity index is 1.43. The smallest absolute Gasteiger partial charge is 0.417 e. The first-order chi connectivity index (χ1) is 16.3. The molecule has 4 nitrogen and oxygen atoms in total. The number of nitrogens with zero attached hydrogens (tertiary/aromatic N) is 2. The van der Waals surface area contributed by atoms with Crippen molar-refractivity contribution in [2.24, 2.45) is 0 Å². The summed E-state index contributed by atoms with van der Waals surface area (Å²) in [5.41, 5.74) is 3.46. The van der Waals surface area contributed by atoms with Gasteiger partial charge in [-0.1, -0.05) is 23.8 Å². The summed E-state index contributed by atoms with van der Waals surface area (Å²) in [5, 5.41) is 2.27. The van der Waals surface area contributed by atoms with Crippen molar-refractivity contribution in [1.82, 2.24) is 9.88 Å². The van der Waals surface area contributed by atoms with Gasteiger partial charge in [-0.25, -0.2) is 4.98 Å². The highest BCUT2D eigenvalue weighted by atomic mass is 35.5. The van der Waals surface area contributed by atoms with Gasteiger partial charge in [0.15, 0.2) is 0 Å². The molecule has 1 fully saturated rings. The zero-order valence-corrected chi connectivity index (χ0v) is 19.5. The predicted octanol–water partition coefficient (Wildman–Crippen LogP) is 6.78. The number of alkyl halides is 3. The summed E-state index contributed by atoms with van der Waals surface area (Å²) in [5.74, 6) is -0.0462. The molecular formula is C25H20ClF3N2O2S. The maximum atomic E-state index is 14.1. The van der Waals surface area contributed by atoms with Crippen molar-refractivity contribution in [3.63, 3.8) is 0 Å². The lowest BCUT2D eigenvalue weighted by molar-refractivity contribution is -0.127. The molecule has 176 valence electrons. The molecule has 0 atom stereocenters. The van der Waals surface area contributed by atoms with Crippen LogP contribution in [0.25, 0.3) is 5.57 Å². The number of likely N-dealkylation sites (tertiary alicyclic amines) is 1. The van der Waals surface area contributed by atoms with Gasteiger partial charge < -0.3 is 9.32 Å². The standard InChI is InChI=1S/C25H20ClF3N2O2S/c26-22-10-17-2-1-16(18-5-8-33-12-18)9-21(25(27,28)29)19(17)11-20(22)24(32)31-6-3-15(4-7-31)23-13-34-14-30-23/h1-2,5,8-9,11-15H,3-4,6-7,10H2. The van der Waals surface area contributed by atoms with Crippen LogP contribution in [0, 0.1) is 0 Å². The van der Waals surface area contributed by atoms with Crippen LogP contribution in [0.4, 0.5) is 13.2 Å². The van der Waals surface area contributed by atoms with Crippen LogP contribution in [0.2, 0.25) is 0 Å². The van der Waals surface area contributed by atoms with Gasteiger partial charge in [-0.3, -0.25) is 4.79 Å². The largest absolute Gasteiger partial charge is 0.472 e. The van der Waals surface area contributed by atoms with Gasteiger partial charge in [-0.2, -0.15) is 13.2 Å². The predicted molar refractivity (Wildman–Crippen MR) is 125 cm³/mol. The van der Waals surface area contributed by atoms with E-state index in [1.54, 1.807) is 40.0 Å². The van der Waals surface area contributed by atoms with Gasteiger partial charge in [0.1, 0.15) is 0 Å². The van der Waals surface area contributed by atoms with Gasteiger partial charge >= 0.3 is 6.18 Å². The van der Waals surface area contributed by atoms with Crippen LogP contribution in [-0.2, 0) is 4.79 Å². The summed E-state index contributed by atoms with van der Waals surface area (Å²) < 4.78 is 47.4. The van der Waals surface area contributed by atoms with E-state index in [4.69, 9.17) is 16.0 Å². The van der Waals surface area contributed by atoms with E-state index in [2.05, 4.69) is 4.98 Å². The molecule has 0 aromatic carbocycles. The summed E-state index contributed by atoms with van der Waals surface area (Å²) in [7, 11) is 0. The molecule has 34 heavy (non-hydrogen) atoms. The monoisotopic (exact) mass is 504 g/mol. The van der Waals surface area contributed by atoms with Gasteiger partial charge in [0.2, 0.25) is 0 Å². The fourth-order valence-electron chi connectivity index (χ4n) is 4.54. The van der Waals surface area contributed by atoms with Crippen LogP contribution >= 0.6 is 22.9 Å². The highest BCUT2D eigenvalue weighted by Gasteiger charge is 2.40. The number of rotatable bonds is 3. The van der Waals surface area contributed by atoms with E-state index in [9.17, 15) is 18.0 Å². The minimum Gasteiger partial charge on any atom is -0.472 e. The Bertz CT molecular complexity index is 1240. The molecule has 0 N–H and O–H groups in total. The average molecular weight is 505 g/mol. The Labute approximate surface area is 203 Å². The molecule has 1 amide bonds. The number of allylic oxidation sites excluding steroid dienone is 8. The second-order valence-corrected chi connectivity index (χ2v) is 9.59. The number of thiazole rings is 1. The molecule has 0 radical (unpaired) electrons. The Kier molecular flexibility index (Phi) is 6.12. The number of carbonyl (C=O) groups is 1. The number of aromatic nitrogens is 1. The molecule has 0 bridgehead atoms. The number of piperidine rings is 1. The molecule has 1 saturated heterocycles. The van der Waals surface area contributed by atoms with Gasteiger partial charge in [0.25, 0.3) is 5.91 Å². The minimum absolute atomic E-state index is 0.0210. The Morgan fingerprint density at radius 2 is 2.00 bits per heavy atom. The fourth-order valence-corrected chi connectivity index (χ4v) is 5.45. The first-order valence-corrected chi connectivity index (χ1v) is 12.1. The molecule has 3 aliphatic rings. The van der Waals surface area contributed by atoms with Crippen LogP contribution in [0.5, 0.6) is 0 Å². The van der Waals surface area contributed by atoms with Gasteiger partial charge in [0.05, 0.1) is 34.9 Å². The van der Waals surface area contributed by atoms with Gasteiger partial charge in [-0.15, -0.1) is 11.3 Å². The van der Waals surface area contributed by atoms with Crippen molar-refractivity contribution >= 4 is 34.4 Å². The molecule has 3 heterocycles. The number of hydrogen-bond donors (Lipinski definition) is 0. The average Bonchev–Trinajstić information content (AvgIpc) is 3.51. The second-order valence-electron chi connectivity index (χ2n) is 8.41. The lowest BCUT2D eigenvalue weighted by atomic mass is 9.87. The third-order valence-corrected chi connectivity index (χ3v) is 7.31. The van der Waals surface area contributed by atoms with Crippen molar-refractivity contribution in [3.8, 4) is 0 Å². The van der Waals surface area contributed by atoms with Gasteiger partial charge in [-0.05, 0) is 47.8 Å². The van der Waals surface area contributed by atoms with E-state index < -0.39 is 11.7 Å². The van der Waals surface area contributed by atoms with Crippen molar-refractivity contribution in [1.29, 1.82) is 0 Å². The molecule has 0 spiro atoms. The Hall–Kier alpha value is -2.84. The molecule has 9 heteroatoms. The van der Waals surface area contributed by atoms with E-state index in [0.717, 1.165) is 24.6 Å². The summed E-state index contributed by atoms with van der Waals surface area (Å²) in [6.45, 7) is 1.02. The lowest BCUT2D eigenvalue weighted by Crippen LogP contribution is -2.39. The van der Waals surface area contributed by atoms with Crippen LogP contribution in [-0.4, -0.2) is 35.1 Å². The SMILES string of the molecule is O=C(C1=C(Cl)CC2=CC=C(c3ccoc3)C=C(C(F)(F)F)C2=C1)N1CCC(c2cscn2)CC1. The quantitative estimate of drug-likeness (QED) is 0.463. The minimum atomic E-state index is -4.61. The van der Waals surface area contributed by atoms with Crippen molar-refractivity contribution in [2.75, 3.05) is 13.1 Å². The molecule has 2 aliphatic carbocycles. The van der Waals surface area contributed by atoms with E-state index in [-0.39, 0.29) is 34.4 Å². The Morgan fingerprint density at radius 3 is 2.65 bits per heavy atom. The fraction of sp³-hybridized carbons (Fsp3) is 0.280. The molecule has 2 aromatic rings. The van der Waals surface area contributed by atoms with E-state index in [0.29, 0.717) is 29.8 Å². The maximum Gasteiger partial charge on any atom is 0.417 e. The number of carbonyl (C=O) groups excluding carboxylic acids is 1. The van der Waals surface area contributed by atoms with Crippen molar-refractivity contribution < 1.29 is 22.4 Å². The summed E-state index contributed by atoms with van der Waals surface area (Å²) in [4.78, 5) is 19.3. The Morgan fingerprint density at radius 1 is 1.21 bits per heavy atom.